The van der Waals surface area contributed by atoms with E-state index in [1.807, 2.05) is 27.7 Å². The smallest absolute Gasteiger partial charge is 0.364 e. The second-order valence-corrected chi connectivity index (χ2v) is 8.28. The number of pyridine rings is 1. The van der Waals surface area contributed by atoms with Crippen molar-refractivity contribution in [3.63, 3.8) is 0 Å². The third-order valence-corrected chi connectivity index (χ3v) is 6.38. The number of rotatable bonds is 4. The highest BCUT2D eigenvalue weighted by Crippen LogP contribution is 2.39. The first-order chi connectivity index (χ1) is 15.0. The molecule has 2 aromatic heterocycles. The Morgan fingerprint density at radius 1 is 1.22 bits per heavy atom. The predicted octanol–water partition coefficient (Wildman–Crippen LogP) is 5.29. The summed E-state index contributed by atoms with van der Waals surface area (Å²) in [6.45, 7) is 10.6. The lowest BCUT2D eigenvalue weighted by Gasteiger charge is -2.40. The first kappa shape index (κ1) is 23.8. The number of nitrogens with zero attached hydrogens (tertiary/aromatic N) is 4. The van der Waals surface area contributed by atoms with Gasteiger partial charge in [-0.15, -0.1) is 0 Å². The molecule has 0 saturated heterocycles. The molecule has 32 heavy (non-hydrogen) atoms. The molecule has 0 aliphatic carbocycles. The molecule has 172 valence electrons. The van der Waals surface area contributed by atoms with Crippen LogP contribution in [-0.2, 0) is 19.6 Å². The molecule has 5 nitrogen and oxygen atoms in total. The van der Waals surface area contributed by atoms with Gasteiger partial charge in [-0.3, -0.25) is 14.3 Å². The summed E-state index contributed by atoms with van der Waals surface area (Å²) in [7, 11) is 1.68. The minimum atomic E-state index is -4.43. The van der Waals surface area contributed by atoms with Gasteiger partial charge in [0, 0.05) is 49.9 Å². The van der Waals surface area contributed by atoms with E-state index in [0.717, 1.165) is 35.0 Å². The molecule has 0 aromatic carbocycles. The summed E-state index contributed by atoms with van der Waals surface area (Å²) < 4.78 is 41.4. The van der Waals surface area contributed by atoms with Crippen LogP contribution in [0, 0.1) is 0 Å². The maximum absolute atomic E-state index is 13.3. The van der Waals surface area contributed by atoms with Crippen LogP contribution in [0.4, 0.5) is 13.2 Å². The normalized spacial score (nSPS) is 18.2. The van der Waals surface area contributed by atoms with Gasteiger partial charge in [-0.1, -0.05) is 6.92 Å². The van der Waals surface area contributed by atoms with E-state index in [1.54, 1.807) is 7.05 Å². The van der Waals surface area contributed by atoms with Crippen molar-refractivity contribution < 1.29 is 13.2 Å². The van der Waals surface area contributed by atoms with Gasteiger partial charge >= 0.3 is 6.18 Å². The summed E-state index contributed by atoms with van der Waals surface area (Å²) in [5.74, 6) is 0.572. The molecule has 0 N–H and O–H groups in total. The lowest BCUT2D eigenvalue weighted by molar-refractivity contribution is -0.137. The molecule has 0 spiro atoms. The highest BCUT2D eigenvalue weighted by atomic mass is 19.4. The third kappa shape index (κ3) is 4.36. The van der Waals surface area contributed by atoms with Gasteiger partial charge in [0.1, 0.15) is 5.82 Å². The third-order valence-electron chi connectivity index (χ3n) is 6.38. The Bertz CT molecular complexity index is 1140. The average molecular weight is 447 g/mol. The van der Waals surface area contributed by atoms with Crippen molar-refractivity contribution in [2.45, 2.75) is 59.7 Å². The van der Waals surface area contributed by atoms with Gasteiger partial charge in [-0.2, -0.15) is 13.2 Å². The number of allylic oxidation sites excluding steroid dienone is 3. The molecule has 0 radical (unpaired) electrons. The van der Waals surface area contributed by atoms with Crippen molar-refractivity contribution in [3.8, 4) is 0 Å². The average Bonchev–Trinajstić information content (AvgIpc) is 2.75. The maximum atomic E-state index is 13.3. The lowest BCUT2D eigenvalue weighted by Crippen LogP contribution is -2.35. The fourth-order valence-corrected chi connectivity index (χ4v) is 4.25. The van der Waals surface area contributed by atoms with Crippen molar-refractivity contribution in [3.05, 3.63) is 74.4 Å². The van der Waals surface area contributed by atoms with Crippen LogP contribution < -0.4 is 5.56 Å². The first-order valence-corrected chi connectivity index (χ1v) is 10.7. The van der Waals surface area contributed by atoms with E-state index in [2.05, 4.69) is 21.8 Å². The summed E-state index contributed by atoms with van der Waals surface area (Å²) in [4.78, 5) is 22.8. The number of hydrogen-bond acceptors (Lipinski definition) is 4. The molecular weight excluding hydrogens is 417 g/mol. The summed E-state index contributed by atoms with van der Waals surface area (Å²) in [5.41, 5.74) is 4.35. The quantitative estimate of drug-likeness (QED) is 0.599. The van der Waals surface area contributed by atoms with E-state index in [1.165, 1.54) is 22.9 Å². The number of hydrogen-bond donors (Lipinski definition) is 0. The van der Waals surface area contributed by atoms with E-state index < -0.39 is 11.7 Å². The van der Waals surface area contributed by atoms with Crippen LogP contribution in [0.1, 0.15) is 69.7 Å². The summed E-state index contributed by atoms with van der Waals surface area (Å²) in [6, 6.07) is 2.36. The zero-order valence-corrected chi connectivity index (χ0v) is 19.3. The summed E-state index contributed by atoms with van der Waals surface area (Å²) in [5, 5.41) is 0. The fourth-order valence-electron chi connectivity index (χ4n) is 4.25. The molecule has 0 bridgehead atoms. The van der Waals surface area contributed by atoms with Gasteiger partial charge < -0.3 is 4.90 Å². The minimum Gasteiger partial charge on any atom is -0.364 e. The molecule has 2 aromatic rings. The maximum Gasteiger partial charge on any atom is 0.417 e. The Morgan fingerprint density at radius 2 is 1.91 bits per heavy atom. The second-order valence-electron chi connectivity index (χ2n) is 8.28. The number of alkyl halides is 3. The Kier molecular flexibility index (Phi) is 6.62. The molecule has 3 heterocycles. The van der Waals surface area contributed by atoms with Gasteiger partial charge in [-0.25, -0.2) is 4.98 Å². The van der Waals surface area contributed by atoms with Crippen molar-refractivity contribution >= 4 is 5.57 Å². The summed E-state index contributed by atoms with van der Waals surface area (Å²) in [6.07, 6.45) is -0.663. The Balaban J connectivity index is 2.12. The molecule has 0 saturated carbocycles. The van der Waals surface area contributed by atoms with E-state index in [9.17, 15) is 18.0 Å². The minimum absolute atomic E-state index is 0.147. The van der Waals surface area contributed by atoms with E-state index in [0.29, 0.717) is 30.0 Å². The molecule has 1 unspecified atom stereocenters. The highest BCUT2D eigenvalue weighted by molar-refractivity contribution is 5.66. The topological polar surface area (TPSA) is 51.0 Å². The van der Waals surface area contributed by atoms with Gasteiger partial charge in [0.15, 0.2) is 0 Å². The molecule has 0 fully saturated rings. The molecule has 8 heteroatoms. The van der Waals surface area contributed by atoms with Crippen molar-refractivity contribution in [2.24, 2.45) is 7.05 Å². The van der Waals surface area contributed by atoms with E-state index in [4.69, 9.17) is 0 Å². The molecule has 1 aliphatic rings. The van der Waals surface area contributed by atoms with Crippen molar-refractivity contribution in [1.29, 1.82) is 0 Å². The van der Waals surface area contributed by atoms with Gasteiger partial charge in [-0.05, 0) is 62.5 Å². The van der Waals surface area contributed by atoms with Crippen molar-refractivity contribution in [2.75, 3.05) is 6.54 Å². The number of aromatic nitrogens is 3. The first-order valence-electron chi connectivity index (χ1n) is 10.7. The molecule has 1 atom stereocenters. The Morgan fingerprint density at radius 3 is 2.53 bits per heavy atom. The van der Waals surface area contributed by atoms with E-state index >= 15 is 0 Å². The van der Waals surface area contributed by atoms with Crippen LogP contribution in [0.25, 0.3) is 5.57 Å². The van der Waals surface area contributed by atoms with Crippen LogP contribution >= 0.6 is 0 Å². The van der Waals surface area contributed by atoms with Crippen LogP contribution in [0.3, 0.4) is 0 Å². The number of fused-ring (bicyclic) bond motifs is 1. The highest BCUT2D eigenvalue weighted by Gasteiger charge is 2.35. The predicted molar refractivity (Wildman–Crippen MR) is 119 cm³/mol. The monoisotopic (exact) mass is 446 g/mol. The van der Waals surface area contributed by atoms with Gasteiger partial charge in [0.25, 0.3) is 5.56 Å². The fraction of sp³-hybridized carbons (Fsp3) is 0.458. The zero-order valence-electron chi connectivity index (χ0n) is 19.3. The van der Waals surface area contributed by atoms with E-state index in [-0.39, 0.29) is 11.6 Å². The molecule has 0 amide bonds. The summed E-state index contributed by atoms with van der Waals surface area (Å²) >= 11 is 0. The SMILES string of the molecule is CC/C(C)=C(/C(C)=C(/C)c1nccc(=O)n1C)N1CCc2ncc(C(F)(F)F)cc2C1C. The van der Waals surface area contributed by atoms with Crippen molar-refractivity contribution in [1.82, 2.24) is 19.4 Å². The van der Waals surface area contributed by atoms with Gasteiger partial charge in [0.2, 0.25) is 0 Å². The van der Waals surface area contributed by atoms with Gasteiger partial charge in [0.05, 0.1) is 11.6 Å². The lowest BCUT2D eigenvalue weighted by atomic mass is 9.92. The van der Waals surface area contributed by atoms with Crippen LogP contribution in [-0.4, -0.2) is 26.0 Å². The van der Waals surface area contributed by atoms with Crippen LogP contribution in [0.2, 0.25) is 0 Å². The van der Waals surface area contributed by atoms with Crippen LogP contribution in [0.5, 0.6) is 0 Å². The Hall–Kier alpha value is -2.90. The largest absolute Gasteiger partial charge is 0.417 e. The zero-order chi connectivity index (χ0) is 23.8. The second kappa shape index (κ2) is 8.92. The van der Waals surface area contributed by atoms with Crippen LogP contribution in [0.15, 0.2) is 46.2 Å². The molecular formula is C24H29F3N4O. The molecule has 3 rings (SSSR count). The Labute approximate surface area is 186 Å². The molecule has 1 aliphatic heterocycles. The number of halogens is 3. The standard InChI is InChI=1S/C24H29F3N4O/c1-7-14(2)22(15(3)16(4)23-28-10-8-21(32)30(23)6)31-11-9-20-19(17(31)5)12-18(13-29-20)24(25,26)27/h8,10,12-13,17H,7,9,11H2,1-6H3/b16-15-,22-14-.